The number of rotatable bonds is 5. The molecule has 0 amide bonds. The molecule has 0 aliphatic rings. The Labute approximate surface area is 75.7 Å². The second-order valence-corrected chi connectivity index (χ2v) is 3.15. The van der Waals surface area contributed by atoms with Crippen molar-refractivity contribution in [3.8, 4) is 0 Å². The lowest BCUT2D eigenvalue weighted by Crippen LogP contribution is -2.14. The van der Waals surface area contributed by atoms with Gasteiger partial charge >= 0.3 is 0 Å². The third-order valence-corrected chi connectivity index (χ3v) is 1.62. The SMILES string of the molecule is C=C/C=C\C=C(/C)CCC(C)N. The molecule has 1 nitrogen and oxygen atoms in total. The summed E-state index contributed by atoms with van der Waals surface area (Å²) in [5.41, 5.74) is 7.00. The van der Waals surface area contributed by atoms with Gasteiger partial charge < -0.3 is 5.73 Å². The molecule has 0 aliphatic heterocycles. The van der Waals surface area contributed by atoms with E-state index in [1.807, 2.05) is 19.1 Å². The molecule has 0 aromatic carbocycles. The number of hydrogen-bond donors (Lipinski definition) is 1. The normalized spacial score (nSPS) is 15.1. The highest BCUT2D eigenvalue weighted by Crippen LogP contribution is 2.05. The van der Waals surface area contributed by atoms with Crippen molar-refractivity contribution in [2.75, 3.05) is 0 Å². The molecule has 0 aliphatic carbocycles. The minimum atomic E-state index is 0.303. The van der Waals surface area contributed by atoms with Gasteiger partial charge in [-0.1, -0.05) is 36.5 Å². The largest absolute Gasteiger partial charge is 0.328 e. The van der Waals surface area contributed by atoms with Crippen molar-refractivity contribution >= 4 is 0 Å². The molecule has 0 aromatic rings. The van der Waals surface area contributed by atoms with Gasteiger partial charge in [0.25, 0.3) is 0 Å². The molecule has 0 bridgehead atoms. The van der Waals surface area contributed by atoms with Crippen LogP contribution in [0.4, 0.5) is 0 Å². The number of nitrogens with two attached hydrogens (primary N) is 1. The van der Waals surface area contributed by atoms with Crippen molar-refractivity contribution in [1.82, 2.24) is 0 Å². The van der Waals surface area contributed by atoms with Crippen LogP contribution in [0.5, 0.6) is 0 Å². The predicted octanol–water partition coefficient (Wildman–Crippen LogP) is 2.80. The second kappa shape index (κ2) is 6.86. The van der Waals surface area contributed by atoms with Gasteiger partial charge in [-0.25, -0.2) is 0 Å². The van der Waals surface area contributed by atoms with E-state index in [9.17, 15) is 0 Å². The third kappa shape index (κ3) is 7.29. The standard InChI is InChI=1S/C11H19N/c1-4-5-6-7-10(2)8-9-11(3)12/h4-7,11H,1,8-9,12H2,2-3H3/b6-5-,10-7+. The highest BCUT2D eigenvalue weighted by Gasteiger charge is 1.93. The highest BCUT2D eigenvalue weighted by molar-refractivity contribution is 5.14. The topological polar surface area (TPSA) is 26.0 Å². The van der Waals surface area contributed by atoms with E-state index in [-0.39, 0.29) is 0 Å². The summed E-state index contributed by atoms with van der Waals surface area (Å²) in [4.78, 5) is 0. The fraction of sp³-hybridized carbons (Fsp3) is 0.455. The molecule has 0 saturated carbocycles. The van der Waals surface area contributed by atoms with Gasteiger partial charge in [-0.05, 0) is 26.7 Å². The minimum absolute atomic E-state index is 0.303. The fourth-order valence-electron chi connectivity index (χ4n) is 0.837. The number of hydrogen-bond acceptors (Lipinski definition) is 1. The predicted molar refractivity (Wildman–Crippen MR) is 56.0 cm³/mol. The van der Waals surface area contributed by atoms with E-state index in [1.54, 1.807) is 6.08 Å². The van der Waals surface area contributed by atoms with Crippen LogP contribution in [0.15, 0.2) is 36.5 Å². The van der Waals surface area contributed by atoms with Crippen LogP contribution in [0, 0.1) is 0 Å². The molecule has 0 saturated heterocycles. The molecule has 1 atom stereocenters. The smallest absolute Gasteiger partial charge is 0.00135 e. The van der Waals surface area contributed by atoms with Crippen LogP contribution in [0.3, 0.4) is 0 Å². The molecule has 0 heterocycles. The first-order chi connectivity index (χ1) is 5.66. The Morgan fingerprint density at radius 2 is 2.17 bits per heavy atom. The van der Waals surface area contributed by atoms with E-state index < -0.39 is 0 Å². The summed E-state index contributed by atoms with van der Waals surface area (Å²) in [6.07, 6.45) is 9.95. The van der Waals surface area contributed by atoms with E-state index >= 15 is 0 Å². The van der Waals surface area contributed by atoms with E-state index in [2.05, 4.69) is 19.6 Å². The lowest BCUT2D eigenvalue weighted by molar-refractivity contribution is 0.663. The Kier molecular flexibility index (Phi) is 6.39. The number of allylic oxidation sites excluding steroid dienone is 5. The molecule has 0 spiro atoms. The zero-order chi connectivity index (χ0) is 9.40. The highest BCUT2D eigenvalue weighted by atomic mass is 14.6. The van der Waals surface area contributed by atoms with Crippen molar-refractivity contribution in [1.29, 1.82) is 0 Å². The zero-order valence-corrected chi connectivity index (χ0v) is 8.09. The Bertz CT molecular complexity index is 175. The Morgan fingerprint density at radius 3 is 2.67 bits per heavy atom. The summed E-state index contributed by atoms with van der Waals surface area (Å²) in [5, 5.41) is 0. The molecule has 0 fully saturated rings. The average molecular weight is 165 g/mol. The monoisotopic (exact) mass is 165 g/mol. The maximum Gasteiger partial charge on any atom is 0.00135 e. The van der Waals surface area contributed by atoms with E-state index in [0.717, 1.165) is 12.8 Å². The maximum atomic E-state index is 5.63. The molecule has 1 heteroatoms. The molecular formula is C11H19N. The summed E-state index contributed by atoms with van der Waals surface area (Å²) < 4.78 is 0. The minimum Gasteiger partial charge on any atom is -0.328 e. The van der Waals surface area contributed by atoms with E-state index in [4.69, 9.17) is 5.73 Å². The molecule has 0 aromatic heterocycles. The van der Waals surface area contributed by atoms with Crippen LogP contribution in [0.25, 0.3) is 0 Å². The third-order valence-electron chi connectivity index (χ3n) is 1.62. The van der Waals surface area contributed by atoms with Gasteiger partial charge in [0.15, 0.2) is 0 Å². The molecule has 0 radical (unpaired) electrons. The van der Waals surface area contributed by atoms with Gasteiger partial charge in [-0.3, -0.25) is 0 Å². The molecule has 12 heavy (non-hydrogen) atoms. The first-order valence-corrected chi connectivity index (χ1v) is 4.37. The molecular weight excluding hydrogens is 146 g/mol. The lowest BCUT2D eigenvalue weighted by atomic mass is 10.1. The zero-order valence-electron chi connectivity index (χ0n) is 8.09. The Balaban J connectivity index is 3.70. The van der Waals surface area contributed by atoms with Gasteiger partial charge in [0.1, 0.15) is 0 Å². The first kappa shape index (κ1) is 11.2. The van der Waals surface area contributed by atoms with Crippen LogP contribution in [-0.2, 0) is 0 Å². The molecule has 0 rings (SSSR count). The molecule has 2 N–H and O–H groups in total. The van der Waals surface area contributed by atoms with Crippen LogP contribution >= 0.6 is 0 Å². The van der Waals surface area contributed by atoms with Gasteiger partial charge in [-0.15, -0.1) is 0 Å². The van der Waals surface area contributed by atoms with Crippen molar-refractivity contribution in [3.05, 3.63) is 36.5 Å². The van der Waals surface area contributed by atoms with E-state index in [0.29, 0.717) is 6.04 Å². The summed E-state index contributed by atoms with van der Waals surface area (Å²) in [5.74, 6) is 0. The van der Waals surface area contributed by atoms with Crippen LogP contribution < -0.4 is 5.73 Å². The van der Waals surface area contributed by atoms with Crippen molar-refractivity contribution in [2.24, 2.45) is 5.73 Å². The fourth-order valence-corrected chi connectivity index (χ4v) is 0.837. The van der Waals surface area contributed by atoms with Gasteiger partial charge in [0.2, 0.25) is 0 Å². The van der Waals surface area contributed by atoms with Crippen LogP contribution in [-0.4, -0.2) is 6.04 Å². The summed E-state index contributed by atoms with van der Waals surface area (Å²) in [7, 11) is 0. The molecule has 68 valence electrons. The van der Waals surface area contributed by atoms with Gasteiger partial charge in [0.05, 0.1) is 0 Å². The summed E-state index contributed by atoms with van der Waals surface area (Å²) in [6, 6.07) is 0.303. The molecule has 1 unspecified atom stereocenters. The lowest BCUT2D eigenvalue weighted by Gasteiger charge is -2.03. The van der Waals surface area contributed by atoms with Gasteiger partial charge in [0, 0.05) is 6.04 Å². The van der Waals surface area contributed by atoms with Crippen LogP contribution in [0.2, 0.25) is 0 Å². The van der Waals surface area contributed by atoms with Crippen LogP contribution in [0.1, 0.15) is 26.7 Å². The van der Waals surface area contributed by atoms with Gasteiger partial charge in [-0.2, -0.15) is 0 Å². The van der Waals surface area contributed by atoms with Crippen molar-refractivity contribution in [3.63, 3.8) is 0 Å². The Hall–Kier alpha value is -0.820. The van der Waals surface area contributed by atoms with Crippen molar-refractivity contribution in [2.45, 2.75) is 32.7 Å². The summed E-state index contributed by atoms with van der Waals surface area (Å²) in [6.45, 7) is 7.75. The first-order valence-electron chi connectivity index (χ1n) is 4.37. The maximum absolute atomic E-state index is 5.63. The van der Waals surface area contributed by atoms with E-state index in [1.165, 1.54) is 5.57 Å². The quantitative estimate of drug-likeness (QED) is 0.623. The van der Waals surface area contributed by atoms with Crippen molar-refractivity contribution < 1.29 is 0 Å². The Morgan fingerprint density at radius 1 is 1.50 bits per heavy atom. The summed E-state index contributed by atoms with van der Waals surface area (Å²) >= 11 is 0. The average Bonchev–Trinajstić information content (AvgIpc) is 2.01. The second-order valence-electron chi connectivity index (χ2n) is 3.15.